The lowest BCUT2D eigenvalue weighted by atomic mass is 9.98. The van der Waals surface area contributed by atoms with Crippen LogP contribution in [-0.2, 0) is 0 Å². The van der Waals surface area contributed by atoms with Gasteiger partial charge in [0.25, 0.3) is 5.91 Å². The smallest absolute Gasteiger partial charge is 0.270 e. The van der Waals surface area contributed by atoms with Crippen molar-refractivity contribution in [2.45, 2.75) is 31.8 Å². The second-order valence-electron chi connectivity index (χ2n) is 4.87. The molecule has 2 N–H and O–H groups in total. The molecule has 1 saturated heterocycles. The minimum absolute atomic E-state index is 0.00778. The summed E-state index contributed by atoms with van der Waals surface area (Å²) in [5.41, 5.74) is -0.0378. The molecule has 1 aliphatic rings. The second kappa shape index (κ2) is 4.82. The maximum atomic E-state index is 12.2. The standard InChI is InChI=1S/C12H17BrN2O2/c1-12(17)3-2-5-15(6-4-12)11(16)10-7-9(13)8-14-10/h7-8,14,17H,2-6H2,1H3. The van der Waals surface area contributed by atoms with E-state index in [-0.39, 0.29) is 5.91 Å². The predicted octanol–water partition coefficient (Wildman–Crippen LogP) is 2.15. The molecule has 1 unspecified atom stereocenters. The molecule has 17 heavy (non-hydrogen) atoms. The topological polar surface area (TPSA) is 56.3 Å². The first-order chi connectivity index (χ1) is 7.98. The van der Waals surface area contributed by atoms with Crippen molar-refractivity contribution < 1.29 is 9.90 Å². The van der Waals surface area contributed by atoms with E-state index in [1.54, 1.807) is 17.2 Å². The van der Waals surface area contributed by atoms with Gasteiger partial charge in [-0.15, -0.1) is 0 Å². The van der Waals surface area contributed by atoms with Gasteiger partial charge in [-0.05, 0) is 48.2 Å². The Bertz CT molecular complexity index is 414. The van der Waals surface area contributed by atoms with Crippen molar-refractivity contribution in [2.75, 3.05) is 13.1 Å². The number of aromatic nitrogens is 1. The van der Waals surface area contributed by atoms with E-state index in [4.69, 9.17) is 0 Å². The van der Waals surface area contributed by atoms with Crippen LogP contribution in [0.4, 0.5) is 0 Å². The average Bonchev–Trinajstić information content (AvgIpc) is 2.60. The maximum absolute atomic E-state index is 12.2. The van der Waals surface area contributed by atoms with Gasteiger partial charge in [0.2, 0.25) is 0 Å². The summed E-state index contributed by atoms with van der Waals surface area (Å²) in [6.45, 7) is 3.17. The molecule has 1 aliphatic heterocycles. The van der Waals surface area contributed by atoms with Crippen LogP contribution in [0.25, 0.3) is 0 Å². The number of carbonyl (C=O) groups is 1. The van der Waals surface area contributed by atoms with Gasteiger partial charge in [-0.3, -0.25) is 4.79 Å². The Morgan fingerprint density at radius 2 is 2.29 bits per heavy atom. The molecule has 1 aromatic rings. The summed E-state index contributed by atoms with van der Waals surface area (Å²) >= 11 is 3.32. The molecule has 1 aromatic heterocycles. The second-order valence-corrected chi connectivity index (χ2v) is 5.79. The van der Waals surface area contributed by atoms with Crippen LogP contribution >= 0.6 is 15.9 Å². The van der Waals surface area contributed by atoms with E-state index < -0.39 is 5.60 Å². The number of nitrogens with zero attached hydrogens (tertiary/aromatic N) is 1. The number of carbonyl (C=O) groups excluding carboxylic acids is 1. The van der Waals surface area contributed by atoms with E-state index in [2.05, 4.69) is 20.9 Å². The van der Waals surface area contributed by atoms with Crippen LogP contribution in [0, 0.1) is 0 Å². The van der Waals surface area contributed by atoms with E-state index in [1.165, 1.54) is 0 Å². The van der Waals surface area contributed by atoms with Gasteiger partial charge in [0.05, 0.1) is 5.60 Å². The van der Waals surface area contributed by atoms with E-state index in [0.29, 0.717) is 25.2 Å². The molecular weight excluding hydrogens is 284 g/mol. The van der Waals surface area contributed by atoms with Crippen LogP contribution in [0.5, 0.6) is 0 Å². The number of amides is 1. The Balaban J connectivity index is 2.05. The fourth-order valence-electron chi connectivity index (χ4n) is 2.13. The quantitative estimate of drug-likeness (QED) is 0.835. The van der Waals surface area contributed by atoms with Crippen molar-refractivity contribution in [2.24, 2.45) is 0 Å². The third-order valence-corrected chi connectivity index (χ3v) is 3.69. The zero-order valence-corrected chi connectivity index (χ0v) is 11.5. The van der Waals surface area contributed by atoms with Crippen molar-refractivity contribution in [3.63, 3.8) is 0 Å². The maximum Gasteiger partial charge on any atom is 0.270 e. The highest BCUT2D eigenvalue weighted by Crippen LogP contribution is 2.22. The van der Waals surface area contributed by atoms with E-state index >= 15 is 0 Å². The van der Waals surface area contributed by atoms with Crippen LogP contribution in [0.15, 0.2) is 16.7 Å². The summed E-state index contributed by atoms with van der Waals surface area (Å²) in [6, 6.07) is 1.78. The number of H-pyrrole nitrogens is 1. The van der Waals surface area contributed by atoms with Crippen molar-refractivity contribution in [1.29, 1.82) is 0 Å². The van der Waals surface area contributed by atoms with Crippen LogP contribution in [0.1, 0.15) is 36.7 Å². The molecule has 0 bridgehead atoms. The Kier molecular flexibility index (Phi) is 3.58. The van der Waals surface area contributed by atoms with Crippen LogP contribution in [0.3, 0.4) is 0 Å². The monoisotopic (exact) mass is 300 g/mol. The Hall–Kier alpha value is -0.810. The first-order valence-corrected chi connectivity index (χ1v) is 6.63. The molecule has 0 aliphatic carbocycles. The van der Waals surface area contributed by atoms with Crippen molar-refractivity contribution in [1.82, 2.24) is 9.88 Å². The molecule has 94 valence electrons. The fourth-order valence-corrected chi connectivity index (χ4v) is 2.47. The summed E-state index contributed by atoms with van der Waals surface area (Å²) in [5.74, 6) is 0.00778. The molecule has 4 nitrogen and oxygen atoms in total. The van der Waals surface area contributed by atoms with E-state index in [0.717, 1.165) is 17.3 Å². The van der Waals surface area contributed by atoms with Gasteiger partial charge in [0, 0.05) is 23.8 Å². The van der Waals surface area contributed by atoms with Crippen LogP contribution < -0.4 is 0 Å². The Labute approximate surface area is 109 Å². The molecule has 2 heterocycles. The first-order valence-electron chi connectivity index (χ1n) is 5.83. The molecule has 5 heteroatoms. The predicted molar refractivity (Wildman–Crippen MR) is 68.9 cm³/mol. The largest absolute Gasteiger partial charge is 0.390 e. The lowest BCUT2D eigenvalue weighted by Gasteiger charge is -2.22. The molecule has 1 fully saturated rings. The minimum Gasteiger partial charge on any atom is -0.390 e. The molecule has 1 amide bonds. The Morgan fingerprint density at radius 3 is 2.94 bits per heavy atom. The third-order valence-electron chi connectivity index (χ3n) is 3.23. The summed E-state index contributed by atoms with van der Waals surface area (Å²) in [6.07, 6.45) is 3.99. The summed E-state index contributed by atoms with van der Waals surface area (Å²) in [5, 5.41) is 9.98. The minimum atomic E-state index is -0.634. The lowest BCUT2D eigenvalue weighted by Crippen LogP contribution is -2.33. The van der Waals surface area contributed by atoms with Crippen molar-refractivity contribution in [3.8, 4) is 0 Å². The molecule has 0 aromatic carbocycles. The van der Waals surface area contributed by atoms with Gasteiger partial charge in [-0.2, -0.15) is 0 Å². The highest BCUT2D eigenvalue weighted by molar-refractivity contribution is 9.10. The van der Waals surface area contributed by atoms with Gasteiger partial charge in [0.15, 0.2) is 0 Å². The van der Waals surface area contributed by atoms with Crippen LogP contribution in [-0.4, -0.2) is 39.6 Å². The zero-order chi connectivity index (χ0) is 12.5. The molecule has 0 spiro atoms. The third kappa shape index (κ3) is 3.10. The fraction of sp³-hybridized carbons (Fsp3) is 0.583. The number of hydrogen-bond acceptors (Lipinski definition) is 2. The molecule has 1 atom stereocenters. The van der Waals surface area contributed by atoms with Gasteiger partial charge in [-0.25, -0.2) is 0 Å². The number of halogens is 1. The zero-order valence-electron chi connectivity index (χ0n) is 9.87. The highest BCUT2D eigenvalue weighted by atomic mass is 79.9. The van der Waals surface area contributed by atoms with Gasteiger partial charge < -0.3 is 15.0 Å². The molecular formula is C12H17BrN2O2. The molecule has 2 rings (SSSR count). The SMILES string of the molecule is CC1(O)CCCN(C(=O)c2cc(Br)c[nH]2)CC1. The van der Waals surface area contributed by atoms with Crippen molar-refractivity contribution in [3.05, 3.63) is 22.4 Å². The molecule has 0 radical (unpaired) electrons. The number of aliphatic hydroxyl groups is 1. The number of aromatic amines is 1. The summed E-state index contributed by atoms with van der Waals surface area (Å²) in [7, 11) is 0. The van der Waals surface area contributed by atoms with Gasteiger partial charge in [-0.1, -0.05) is 0 Å². The lowest BCUT2D eigenvalue weighted by molar-refractivity contribution is 0.0437. The summed E-state index contributed by atoms with van der Waals surface area (Å²) < 4.78 is 0.877. The number of nitrogens with one attached hydrogen (secondary N) is 1. The van der Waals surface area contributed by atoms with Crippen LogP contribution in [0.2, 0.25) is 0 Å². The van der Waals surface area contributed by atoms with Crippen molar-refractivity contribution >= 4 is 21.8 Å². The number of hydrogen-bond donors (Lipinski definition) is 2. The van der Waals surface area contributed by atoms with Gasteiger partial charge >= 0.3 is 0 Å². The first kappa shape index (κ1) is 12.6. The summed E-state index contributed by atoms with van der Waals surface area (Å²) in [4.78, 5) is 16.9. The van der Waals surface area contributed by atoms with E-state index in [9.17, 15) is 9.90 Å². The average molecular weight is 301 g/mol. The molecule has 0 saturated carbocycles. The normalized spacial score (nSPS) is 25.7. The Morgan fingerprint density at radius 1 is 1.53 bits per heavy atom. The highest BCUT2D eigenvalue weighted by Gasteiger charge is 2.27. The number of rotatable bonds is 1. The van der Waals surface area contributed by atoms with E-state index in [1.807, 2.05) is 6.92 Å². The number of likely N-dealkylation sites (tertiary alicyclic amines) is 1. The van der Waals surface area contributed by atoms with Gasteiger partial charge in [0.1, 0.15) is 5.69 Å².